The van der Waals surface area contributed by atoms with E-state index in [0.717, 1.165) is 19.2 Å². The van der Waals surface area contributed by atoms with Gasteiger partial charge in [-0.3, -0.25) is 14.4 Å². The van der Waals surface area contributed by atoms with Crippen LogP contribution in [-0.4, -0.2) is 60.7 Å². The lowest BCUT2D eigenvalue weighted by Crippen LogP contribution is -2.58. The largest absolute Gasteiger partial charge is 0.480 e. The van der Waals surface area contributed by atoms with E-state index in [0.29, 0.717) is 11.1 Å². The molecule has 0 radical (unpaired) electrons. The smallest absolute Gasteiger partial charge is 0.430 e. The van der Waals surface area contributed by atoms with Crippen molar-refractivity contribution < 1.29 is 42.2 Å². The Bertz CT molecular complexity index is 1360. The molecule has 4 N–H and O–H groups in total. The maximum Gasteiger partial charge on any atom is 0.430 e. The first kappa shape index (κ1) is 31.8. The Kier molecular flexibility index (Phi) is 10.8. The van der Waals surface area contributed by atoms with E-state index in [4.69, 9.17) is 4.74 Å². The molecule has 0 aliphatic carbocycles. The zero-order valence-electron chi connectivity index (χ0n) is 22.6. The molecule has 0 aliphatic heterocycles. The highest BCUT2D eigenvalue weighted by Crippen LogP contribution is 2.42. The number of carboxylic acids is 1. The van der Waals surface area contributed by atoms with Crippen LogP contribution in [-0.2, 0) is 42.4 Å². The first-order valence-electron chi connectivity index (χ1n) is 12.8. The molecular formula is C30H30F3N3O6. The minimum atomic E-state index is -5.18. The van der Waals surface area contributed by atoms with Crippen LogP contribution in [0.5, 0.6) is 0 Å². The molecule has 12 heteroatoms. The summed E-state index contributed by atoms with van der Waals surface area (Å²) in [7, 11) is 0.731. The third-order valence-electron chi connectivity index (χ3n) is 6.45. The molecular weight excluding hydrogens is 555 g/mol. The Morgan fingerprint density at radius 2 is 1.24 bits per heavy atom. The standard InChI is InChI=1S/C30H30F3N3O6/c1-42-29(30(31,32)33,22-15-9-4-10-16-22)28(41)34-19-25(37)35-23(17-20-11-5-2-6-12-20)26(38)36-24(27(39)40)18-21-13-7-3-8-14-21/h2-16,23-24H,17-19H2,1H3,(H,34,41)(H,35,37)(H,36,38)(H,39,40)/t23-,24-,29-/m1/s1. The number of carboxylic acid groups (broad SMARTS) is 1. The van der Waals surface area contributed by atoms with E-state index in [2.05, 4.69) is 10.6 Å². The third-order valence-corrected chi connectivity index (χ3v) is 6.45. The van der Waals surface area contributed by atoms with Crippen molar-refractivity contribution in [2.45, 2.75) is 36.7 Å². The van der Waals surface area contributed by atoms with Crippen molar-refractivity contribution in [1.82, 2.24) is 16.0 Å². The Morgan fingerprint density at radius 1 is 0.762 bits per heavy atom. The fourth-order valence-corrected chi connectivity index (χ4v) is 4.33. The van der Waals surface area contributed by atoms with Gasteiger partial charge in [0.15, 0.2) is 0 Å². The molecule has 3 atom stereocenters. The molecule has 3 aromatic carbocycles. The van der Waals surface area contributed by atoms with Gasteiger partial charge in [-0.1, -0.05) is 91.0 Å². The second kappa shape index (κ2) is 14.3. The lowest BCUT2D eigenvalue weighted by Gasteiger charge is -2.33. The maximum atomic E-state index is 14.2. The molecule has 0 bridgehead atoms. The van der Waals surface area contributed by atoms with Gasteiger partial charge < -0.3 is 25.8 Å². The van der Waals surface area contributed by atoms with Gasteiger partial charge in [0.2, 0.25) is 11.8 Å². The third kappa shape index (κ3) is 7.94. The number of benzene rings is 3. The number of halogens is 3. The van der Waals surface area contributed by atoms with E-state index in [1.807, 2.05) is 5.32 Å². The van der Waals surface area contributed by atoms with Crippen molar-refractivity contribution in [3.63, 3.8) is 0 Å². The van der Waals surface area contributed by atoms with Gasteiger partial charge in [-0.25, -0.2) is 4.79 Å². The predicted molar refractivity (Wildman–Crippen MR) is 146 cm³/mol. The van der Waals surface area contributed by atoms with E-state index in [1.165, 1.54) is 18.2 Å². The van der Waals surface area contributed by atoms with Crippen LogP contribution in [0.1, 0.15) is 16.7 Å². The van der Waals surface area contributed by atoms with Crippen LogP contribution in [0, 0.1) is 0 Å². The Hall–Kier alpha value is -4.71. The molecule has 9 nitrogen and oxygen atoms in total. The van der Waals surface area contributed by atoms with E-state index < -0.39 is 59.7 Å². The van der Waals surface area contributed by atoms with Gasteiger partial charge in [-0.2, -0.15) is 13.2 Å². The first-order chi connectivity index (χ1) is 20.0. The Labute approximate surface area is 240 Å². The second-order valence-electron chi connectivity index (χ2n) is 9.33. The van der Waals surface area contributed by atoms with Crippen LogP contribution in [0.15, 0.2) is 91.0 Å². The number of hydrogen-bond donors (Lipinski definition) is 4. The summed E-state index contributed by atoms with van der Waals surface area (Å²) in [5.74, 6) is -4.73. The molecule has 222 valence electrons. The number of aliphatic carboxylic acids is 1. The maximum absolute atomic E-state index is 14.2. The summed E-state index contributed by atoms with van der Waals surface area (Å²) >= 11 is 0. The van der Waals surface area contributed by atoms with Crippen molar-refractivity contribution in [2.24, 2.45) is 0 Å². The molecule has 3 amide bonds. The number of ether oxygens (including phenoxy) is 1. The lowest BCUT2D eigenvalue weighted by atomic mass is 9.91. The summed E-state index contributed by atoms with van der Waals surface area (Å²) in [5, 5.41) is 16.5. The van der Waals surface area contributed by atoms with Crippen LogP contribution < -0.4 is 16.0 Å². The lowest BCUT2D eigenvalue weighted by molar-refractivity contribution is -0.265. The van der Waals surface area contributed by atoms with E-state index in [1.54, 1.807) is 60.7 Å². The second-order valence-corrected chi connectivity index (χ2v) is 9.33. The number of nitrogens with one attached hydrogen (secondary N) is 3. The fraction of sp³-hybridized carbons (Fsp3) is 0.267. The number of alkyl halides is 3. The van der Waals surface area contributed by atoms with Gasteiger partial charge in [0.05, 0.1) is 6.54 Å². The highest BCUT2D eigenvalue weighted by Gasteiger charge is 2.62. The Balaban J connectivity index is 1.76. The fourth-order valence-electron chi connectivity index (χ4n) is 4.33. The molecule has 0 aromatic heterocycles. The van der Waals surface area contributed by atoms with E-state index in [-0.39, 0.29) is 12.8 Å². The van der Waals surface area contributed by atoms with Crippen LogP contribution in [0.2, 0.25) is 0 Å². The first-order valence-corrected chi connectivity index (χ1v) is 12.8. The quantitative estimate of drug-likeness (QED) is 0.244. The summed E-state index contributed by atoms with van der Waals surface area (Å²) in [6.45, 7) is -0.919. The van der Waals surface area contributed by atoms with Crippen LogP contribution in [0.25, 0.3) is 0 Å². The van der Waals surface area contributed by atoms with Crippen molar-refractivity contribution in [3.8, 4) is 0 Å². The molecule has 0 spiro atoms. The molecule has 0 aliphatic rings. The van der Waals surface area contributed by atoms with Crippen molar-refractivity contribution in [3.05, 3.63) is 108 Å². The van der Waals surface area contributed by atoms with Crippen molar-refractivity contribution in [1.29, 1.82) is 0 Å². The molecule has 0 unspecified atom stereocenters. The van der Waals surface area contributed by atoms with Gasteiger partial charge in [0.25, 0.3) is 11.5 Å². The average molecular weight is 586 g/mol. The van der Waals surface area contributed by atoms with Crippen LogP contribution in [0.4, 0.5) is 13.2 Å². The molecule has 0 saturated carbocycles. The predicted octanol–water partition coefficient (Wildman–Crippen LogP) is 2.75. The van der Waals surface area contributed by atoms with E-state index in [9.17, 15) is 37.5 Å². The zero-order valence-corrected chi connectivity index (χ0v) is 22.6. The number of methoxy groups -OCH3 is 1. The molecule has 0 heterocycles. The number of carbonyl (C=O) groups excluding carboxylic acids is 3. The summed E-state index contributed by atoms with van der Waals surface area (Å²) in [6, 6.07) is 20.7. The van der Waals surface area contributed by atoms with Crippen molar-refractivity contribution >= 4 is 23.7 Å². The minimum absolute atomic E-state index is 0.0278. The number of hydrogen-bond acceptors (Lipinski definition) is 5. The summed E-state index contributed by atoms with van der Waals surface area (Å²) in [5.41, 5.74) is -2.60. The minimum Gasteiger partial charge on any atom is -0.480 e. The van der Waals surface area contributed by atoms with E-state index >= 15 is 0 Å². The molecule has 3 rings (SSSR count). The summed E-state index contributed by atoms with van der Waals surface area (Å²) < 4.78 is 47.2. The summed E-state index contributed by atoms with van der Waals surface area (Å²) in [4.78, 5) is 50.8. The average Bonchev–Trinajstić information content (AvgIpc) is 2.97. The van der Waals surface area contributed by atoms with Gasteiger partial charge in [-0.15, -0.1) is 0 Å². The van der Waals surface area contributed by atoms with Crippen LogP contribution in [0.3, 0.4) is 0 Å². The van der Waals surface area contributed by atoms with Gasteiger partial charge in [0, 0.05) is 25.5 Å². The van der Waals surface area contributed by atoms with Gasteiger partial charge in [0.1, 0.15) is 12.1 Å². The Morgan fingerprint density at radius 3 is 1.69 bits per heavy atom. The SMILES string of the molecule is CO[C@@](C(=O)NCC(=O)N[C@H](Cc1ccccc1)C(=O)N[C@H](Cc1ccccc1)C(=O)O)(c1ccccc1)C(F)(F)F. The molecule has 0 saturated heterocycles. The summed E-state index contributed by atoms with van der Waals surface area (Å²) in [6.07, 6.45) is -5.26. The van der Waals surface area contributed by atoms with Gasteiger partial charge >= 0.3 is 12.1 Å². The van der Waals surface area contributed by atoms with Crippen molar-refractivity contribution in [2.75, 3.05) is 13.7 Å². The highest BCUT2D eigenvalue weighted by atomic mass is 19.4. The number of carbonyl (C=O) groups is 4. The number of amides is 3. The normalized spacial score (nSPS) is 14.1. The molecule has 42 heavy (non-hydrogen) atoms. The zero-order chi connectivity index (χ0) is 30.8. The highest BCUT2D eigenvalue weighted by molar-refractivity contribution is 5.94. The monoisotopic (exact) mass is 585 g/mol. The topological polar surface area (TPSA) is 134 Å². The molecule has 0 fully saturated rings. The van der Waals surface area contributed by atoms with Gasteiger partial charge in [-0.05, 0) is 11.1 Å². The molecule has 3 aromatic rings. The number of rotatable bonds is 13. The van der Waals surface area contributed by atoms with Crippen LogP contribution >= 0.6 is 0 Å².